The first kappa shape index (κ1) is 23.6. The molecule has 0 unspecified atom stereocenters. The smallest absolute Gasteiger partial charge is 0.327 e. The molecule has 4 atom stereocenters. The van der Waals surface area contributed by atoms with Gasteiger partial charge in [-0.2, -0.15) is 0 Å². The van der Waals surface area contributed by atoms with Crippen molar-refractivity contribution in [3.05, 3.63) is 90.0 Å². The van der Waals surface area contributed by atoms with Gasteiger partial charge in [0.05, 0.1) is 31.7 Å². The Balaban J connectivity index is 1.69. The molecule has 0 aromatic heterocycles. The number of amides is 2. The fourth-order valence-corrected chi connectivity index (χ4v) is 5.57. The van der Waals surface area contributed by atoms with Crippen molar-refractivity contribution >= 4 is 23.5 Å². The van der Waals surface area contributed by atoms with E-state index in [-0.39, 0.29) is 12.2 Å². The normalized spacial score (nSPS) is 25.1. The summed E-state index contributed by atoms with van der Waals surface area (Å²) in [7, 11) is 2.80. The summed E-state index contributed by atoms with van der Waals surface area (Å²) < 4.78 is 10.8. The number of phenols is 1. The van der Waals surface area contributed by atoms with E-state index in [0.29, 0.717) is 22.6 Å². The predicted molar refractivity (Wildman–Crippen MR) is 131 cm³/mol. The molecule has 2 heterocycles. The van der Waals surface area contributed by atoms with E-state index in [1.54, 1.807) is 48.5 Å². The van der Waals surface area contributed by atoms with Crippen LogP contribution in [0.2, 0.25) is 0 Å². The van der Waals surface area contributed by atoms with Crippen molar-refractivity contribution in [2.75, 3.05) is 19.1 Å². The second-order valence-electron chi connectivity index (χ2n) is 9.02. The first-order chi connectivity index (χ1) is 17.4. The van der Waals surface area contributed by atoms with Crippen LogP contribution in [0.15, 0.2) is 78.9 Å². The second kappa shape index (κ2) is 9.13. The van der Waals surface area contributed by atoms with Crippen LogP contribution in [0.4, 0.5) is 5.69 Å². The van der Waals surface area contributed by atoms with E-state index >= 15 is 0 Å². The maximum absolute atomic E-state index is 14.0. The number of para-hydroxylation sites is 2. The number of esters is 1. The minimum absolute atomic E-state index is 0.0778. The van der Waals surface area contributed by atoms with Crippen molar-refractivity contribution in [2.24, 2.45) is 11.8 Å². The first-order valence-electron chi connectivity index (χ1n) is 11.6. The molecule has 0 saturated carbocycles. The van der Waals surface area contributed by atoms with Crippen LogP contribution in [0, 0.1) is 11.8 Å². The van der Waals surface area contributed by atoms with Gasteiger partial charge in [-0.3, -0.25) is 19.7 Å². The highest BCUT2D eigenvalue weighted by molar-refractivity contribution is 6.24. The van der Waals surface area contributed by atoms with E-state index in [0.717, 1.165) is 0 Å². The quantitative estimate of drug-likeness (QED) is 0.408. The lowest BCUT2D eigenvalue weighted by Crippen LogP contribution is -2.57. The summed E-state index contributed by atoms with van der Waals surface area (Å²) in [6.45, 7) is 0. The fourth-order valence-electron chi connectivity index (χ4n) is 5.57. The van der Waals surface area contributed by atoms with Crippen molar-refractivity contribution in [3.8, 4) is 11.5 Å². The van der Waals surface area contributed by atoms with Gasteiger partial charge in [0.1, 0.15) is 17.0 Å². The molecule has 0 radical (unpaired) electrons. The predicted octanol–water partition coefficient (Wildman–Crippen LogP) is 3.01. The fraction of sp³-hybridized carbons (Fsp3) is 0.250. The number of hydrogen-bond acceptors (Lipinski definition) is 7. The van der Waals surface area contributed by atoms with Gasteiger partial charge in [-0.05, 0) is 35.9 Å². The summed E-state index contributed by atoms with van der Waals surface area (Å²) in [5.41, 5.74) is 0.285. The summed E-state index contributed by atoms with van der Waals surface area (Å²) >= 11 is 0. The Kier molecular flexibility index (Phi) is 5.97. The lowest BCUT2D eigenvalue weighted by atomic mass is 9.76. The van der Waals surface area contributed by atoms with E-state index in [2.05, 4.69) is 5.32 Å². The maximum Gasteiger partial charge on any atom is 0.327 e. The molecule has 3 aromatic carbocycles. The summed E-state index contributed by atoms with van der Waals surface area (Å²) in [6, 6.07) is 21.7. The maximum atomic E-state index is 14.0. The SMILES string of the molecule is COC(=O)[C@@]1(Cc2ccc(O)cc2)N[C@H](c2ccccc2OC)[C@@H]2C(=O)N(c3ccccc3)C(=O)[C@H]21. The number of phenolic OH excluding ortho intramolecular Hbond substituents is 1. The Morgan fingerprint density at radius 2 is 1.61 bits per heavy atom. The number of aromatic hydroxyl groups is 1. The summed E-state index contributed by atoms with van der Waals surface area (Å²) in [5, 5.41) is 13.1. The third-order valence-corrected chi connectivity index (χ3v) is 7.11. The molecule has 0 spiro atoms. The Bertz CT molecular complexity index is 1310. The zero-order valence-electron chi connectivity index (χ0n) is 19.9. The van der Waals surface area contributed by atoms with Gasteiger partial charge in [0.25, 0.3) is 0 Å². The number of carbonyl (C=O) groups is 3. The topological polar surface area (TPSA) is 105 Å². The summed E-state index contributed by atoms with van der Waals surface area (Å²) in [6.07, 6.45) is 0.0778. The number of methoxy groups -OCH3 is 2. The Hall–Kier alpha value is -4.17. The number of hydrogen-bond donors (Lipinski definition) is 2. The Labute approximate surface area is 208 Å². The largest absolute Gasteiger partial charge is 0.508 e. The van der Waals surface area contributed by atoms with E-state index < -0.39 is 41.2 Å². The molecule has 2 amide bonds. The number of benzene rings is 3. The summed E-state index contributed by atoms with van der Waals surface area (Å²) in [5.74, 6) is -2.78. The molecule has 36 heavy (non-hydrogen) atoms. The average Bonchev–Trinajstić information content (AvgIpc) is 3.39. The minimum atomic E-state index is -1.53. The number of fused-ring (bicyclic) bond motifs is 1. The molecule has 2 N–H and O–H groups in total. The van der Waals surface area contributed by atoms with E-state index in [9.17, 15) is 19.5 Å². The van der Waals surface area contributed by atoms with Crippen molar-refractivity contribution in [1.82, 2.24) is 5.32 Å². The molecule has 184 valence electrons. The lowest BCUT2D eigenvalue weighted by Gasteiger charge is -2.33. The number of nitrogens with one attached hydrogen (secondary N) is 1. The van der Waals surface area contributed by atoms with E-state index in [4.69, 9.17) is 9.47 Å². The van der Waals surface area contributed by atoms with Gasteiger partial charge in [-0.1, -0.05) is 48.5 Å². The van der Waals surface area contributed by atoms with E-state index in [1.807, 2.05) is 18.2 Å². The number of anilines is 1. The van der Waals surface area contributed by atoms with Crippen LogP contribution in [0.3, 0.4) is 0 Å². The molecule has 8 heteroatoms. The zero-order chi connectivity index (χ0) is 25.4. The molecular weight excluding hydrogens is 460 g/mol. The number of ether oxygens (including phenoxy) is 2. The van der Waals surface area contributed by atoms with Gasteiger partial charge in [-0.25, -0.2) is 4.90 Å². The molecule has 2 aliphatic heterocycles. The average molecular weight is 487 g/mol. The van der Waals surface area contributed by atoms with Gasteiger partial charge >= 0.3 is 5.97 Å². The van der Waals surface area contributed by atoms with Crippen LogP contribution in [-0.2, 0) is 25.5 Å². The van der Waals surface area contributed by atoms with Gasteiger partial charge in [0, 0.05) is 18.0 Å². The van der Waals surface area contributed by atoms with Crippen LogP contribution < -0.4 is 15.0 Å². The highest BCUT2D eigenvalue weighted by Crippen LogP contribution is 2.52. The minimum Gasteiger partial charge on any atom is -0.508 e. The highest BCUT2D eigenvalue weighted by atomic mass is 16.5. The van der Waals surface area contributed by atoms with Crippen LogP contribution in [0.25, 0.3) is 0 Å². The molecule has 2 aliphatic rings. The zero-order valence-corrected chi connectivity index (χ0v) is 19.9. The van der Waals surface area contributed by atoms with Crippen molar-refractivity contribution in [2.45, 2.75) is 18.0 Å². The molecule has 0 aliphatic carbocycles. The highest BCUT2D eigenvalue weighted by Gasteiger charge is 2.69. The Morgan fingerprint density at radius 1 is 0.944 bits per heavy atom. The second-order valence-corrected chi connectivity index (χ2v) is 9.02. The van der Waals surface area contributed by atoms with Gasteiger partial charge in [-0.15, -0.1) is 0 Å². The van der Waals surface area contributed by atoms with Crippen molar-refractivity contribution in [1.29, 1.82) is 0 Å². The molecule has 5 rings (SSSR count). The molecule has 0 bridgehead atoms. The van der Waals surface area contributed by atoms with Crippen molar-refractivity contribution < 1.29 is 29.0 Å². The third-order valence-electron chi connectivity index (χ3n) is 7.11. The van der Waals surface area contributed by atoms with Crippen LogP contribution in [0.5, 0.6) is 11.5 Å². The number of carbonyl (C=O) groups excluding carboxylic acids is 3. The van der Waals surface area contributed by atoms with Crippen LogP contribution >= 0.6 is 0 Å². The number of imide groups is 1. The molecule has 8 nitrogen and oxygen atoms in total. The number of nitrogens with zero attached hydrogens (tertiary/aromatic N) is 1. The Morgan fingerprint density at radius 3 is 2.28 bits per heavy atom. The van der Waals surface area contributed by atoms with Gasteiger partial charge in [0.15, 0.2) is 0 Å². The third kappa shape index (κ3) is 3.61. The standard InChI is InChI=1S/C28H26N2O6/c1-35-21-11-7-6-10-20(21)24-22-23(26(33)30(25(22)32)18-8-4-3-5-9-18)28(29-24,27(34)36-2)16-17-12-14-19(31)15-13-17/h3-15,22-24,29,31H,16H2,1-2H3/t22-,23+,24-,28+/m1/s1. The lowest BCUT2D eigenvalue weighted by molar-refractivity contribution is -0.152. The van der Waals surface area contributed by atoms with Gasteiger partial charge < -0.3 is 14.6 Å². The molecule has 2 fully saturated rings. The van der Waals surface area contributed by atoms with E-state index in [1.165, 1.54) is 31.3 Å². The number of rotatable bonds is 6. The van der Waals surface area contributed by atoms with Crippen LogP contribution in [0.1, 0.15) is 17.2 Å². The molecule has 2 saturated heterocycles. The summed E-state index contributed by atoms with van der Waals surface area (Å²) in [4.78, 5) is 42.6. The first-order valence-corrected chi connectivity index (χ1v) is 11.6. The molecule has 3 aromatic rings. The van der Waals surface area contributed by atoms with Crippen LogP contribution in [-0.4, -0.2) is 42.6 Å². The molecular formula is C28H26N2O6. The van der Waals surface area contributed by atoms with Crippen molar-refractivity contribution in [3.63, 3.8) is 0 Å². The monoisotopic (exact) mass is 486 g/mol. The van der Waals surface area contributed by atoms with Gasteiger partial charge in [0.2, 0.25) is 11.8 Å².